The van der Waals surface area contributed by atoms with Crippen LogP contribution in [-0.4, -0.2) is 15.0 Å². The summed E-state index contributed by atoms with van der Waals surface area (Å²) in [5.41, 5.74) is 1.47. The number of H-pyrrole nitrogens is 2. The van der Waals surface area contributed by atoms with E-state index in [1.54, 1.807) is 6.20 Å². The Balaban J connectivity index is 2.33. The molecule has 0 atom stereocenters. The summed E-state index contributed by atoms with van der Waals surface area (Å²) in [7, 11) is 0. The average Bonchev–Trinajstić information content (AvgIpc) is 2.17. The molecule has 0 aliphatic heterocycles. The summed E-state index contributed by atoms with van der Waals surface area (Å²) in [5.74, 6) is 0. The Labute approximate surface area is 91.0 Å². The molecule has 4 nitrogen and oxygen atoms in total. The maximum Gasteiger partial charge on any atom is 0.251 e. The second-order valence-electron chi connectivity index (χ2n) is 3.11. The summed E-state index contributed by atoms with van der Waals surface area (Å²) in [5, 5.41) is 0. The van der Waals surface area contributed by atoms with Gasteiger partial charge in [0.2, 0.25) is 0 Å². The second-order valence-corrected chi connectivity index (χ2v) is 3.52. The molecule has 0 fully saturated rings. The van der Waals surface area contributed by atoms with E-state index in [-0.39, 0.29) is 5.56 Å². The van der Waals surface area contributed by atoms with Crippen molar-refractivity contribution in [3.8, 4) is 0 Å². The van der Waals surface area contributed by atoms with Crippen LogP contribution in [0.2, 0.25) is 0 Å². The zero-order valence-electron chi connectivity index (χ0n) is 7.86. The Morgan fingerprint density at radius 1 is 1.33 bits per heavy atom. The van der Waals surface area contributed by atoms with E-state index < -0.39 is 0 Å². The molecule has 2 N–H and O–H groups in total. The summed E-state index contributed by atoms with van der Waals surface area (Å²) in [6.07, 6.45) is 2.30. The van der Waals surface area contributed by atoms with Crippen LogP contribution in [0.1, 0.15) is 11.4 Å². The van der Waals surface area contributed by atoms with E-state index in [9.17, 15) is 4.79 Å². The van der Waals surface area contributed by atoms with Crippen molar-refractivity contribution in [2.24, 2.45) is 0 Å². The second kappa shape index (κ2) is 4.18. The van der Waals surface area contributed by atoms with Crippen molar-refractivity contribution in [2.75, 3.05) is 0 Å². The van der Waals surface area contributed by atoms with Gasteiger partial charge in [0.25, 0.3) is 5.56 Å². The van der Waals surface area contributed by atoms with E-state index in [0.717, 1.165) is 11.4 Å². The first kappa shape index (κ1) is 9.79. The normalized spacial score (nSPS) is 10.1. The van der Waals surface area contributed by atoms with Gasteiger partial charge in [0.1, 0.15) is 0 Å². The zero-order valence-corrected chi connectivity index (χ0v) is 8.67. The lowest BCUT2D eigenvalue weighted by molar-refractivity contribution is 0.958. The van der Waals surface area contributed by atoms with Crippen molar-refractivity contribution in [1.82, 2.24) is 15.0 Å². The summed E-state index contributed by atoms with van der Waals surface area (Å²) in [6.45, 7) is 0. The standard InChI is InChI=1S/C10H9N3OS/c14-9-6-8(12-10(15)13-9)5-7-3-1-2-4-11-7/h1-4,6H,5H2,(H2,12,13,14,15). The fraction of sp³-hybridized carbons (Fsp3) is 0.100. The number of aromatic nitrogens is 3. The van der Waals surface area contributed by atoms with Gasteiger partial charge in [0.15, 0.2) is 4.77 Å². The van der Waals surface area contributed by atoms with E-state index in [1.165, 1.54) is 6.07 Å². The van der Waals surface area contributed by atoms with E-state index >= 15 is 0 Å². The fourth-order valence-electron chi connectivity index (χ4n) is 1.31. The molecular weight excluding hydrogens is 210 g/mol. The minimum Gasteiger partial charge on any atom is -0.335 e. The van der Waals surface area contributed by atoms with Gasteiger partial charge >= 0.3 is 0 Å². The van der Waals surface area contributed by atoms with Gasteiger partial charge in [0, 0.05) is 30.1 Å². The van der Waals surface area contributed by atoms with E-state index in [2.05, 4.69) is 15.0 Å². The Morgan fingerprint density at radius 2 is 2.20 bits per heavy atom. The average molecular weight is 219 g/mol. The molecular formula is C10H9N3OS. The van der Waals surface area contributed by atoms with Gasteiger partial charge in [0.05, 0.1) is 0 Å². The zero-order chi connectivity index (χ0) is 10.7. The highest BCUT2D eigenvalue weighted by molar-refractivity contribution is 7.71. The molecule has 5 heteroatoms. The van der Waals surface area contributed by atoms with Crippen LogP contribution in [0.5, 0.6) is 0 Å². The van der Waals surface area contributed by atoms with E-state index in [1.807, 2.05) is 18.2 Å². The summed E-state index contributed by atoms with van der Waals surface area (Å²) >= 11 is 4.87. The first-order chi connectivity index (χ1) is 7.24. The number of rotatable bonds is 2. The topological polar surface area (TPSA) is 61.5 Å². The van der Waals surface area contributed by atoms with Crippen molar-refractivity contribution >= 4 is 12.2 Å². The third-order valence-electron chi connectivity index (χ3n) is 1.91. The molecule has 0 aromatic carbocycles. The molecule has 0 saturated heterocycles. The Kier molecular flexibility index (Phi) is 2.73. The molecule has 0 spiro atoms. The summed E-state index contributed by atoms with van der Waals surface area (Å²) < 4.78 is 0.341. The molecule has 2 aromatic heterocycles. The number of pyridine rings is 1. The smallest absolute Gasteiger partial charge is 0.251 e. The molecule has 0 amide bonds. The monoisotopic (exact) mass is 219 g/mol. The van der Waals surface area contributed by atoms with Crippen molar-refractivity contribution < 1.29 is 0 Å². The lowest BCUT2D eigenvalue weighted by Crippen LogP contribution is -2.09. The fourth-order valence-corrected chi connectivity index (χ4v) is 1.54. The van der Waals surface area contributed by atoms with Crippen LogP contribution in [0.4, 0.5) is 0 Å². The quantitative estimate of drug-likeness (QED) is 0.751. The van der Waals surface area contributed by atoms with Crippen LogP contribution in [0.25, 0.3) is 0 Å². The highest BCUT2D eigenvalue weighted by Gasteiger charge is 1.98. The highest BCUT2D eigenvalue weighted by atomic mass is 32.1. The van der Waals surface area contributed by atoms with Gasteiger partial charge in [-0.1, -0.05) is 6.07 Å². The molecule has 0 unspecified atom stereocenters. The van der Waals surface area contributed by atoms with Crippen LogP contribution in [0.15, 0.2) is 35.3 Å². The Hall–Kier alpha value is -1.75. The van der Waals surface area contributed by atoms with Crippen LogP contribution < -0.4 is 5.56 Å². The van der Waals surface area contributed by atoms with Crippen molar-refractivity contribution in [1.29, 1.82) is 0 Å². The Bertz CT molecular complexity index is 530. The number of hydrogen-bond donors (Lipinski definition) is 2. The molecule has 2 aromatic rings. The van der Waals surface area contributed by atoms with Gasteiger partial charge in [-0.15, -0.1) is 0 Å². The van der Waals surface area contributed by atoms with Crippen molar-refractivity contribution in [2.45, 2.75) is 6.42 Å². The highest BCUT2D eigenvalue weighted by Crippen LogP contribution is 2.01. The first-order valence-corrected chi connectivity index (χ1v) is 4.87. The molecule has 76 valence electrons. The number of nitrogens with zero attached hydrogens (tertiary/aromatic N) is 1. The minimum atomic E-state index is -0.190. The van der Waals surface area contributed by atoms with Gasteiger partial charge in [-0.3, -0.25) is 14.8 Å². The van der Waals surface area contributed by atoms with Gasteiger partial charge < -0.3 is 4.98 Å². The molecule has 0 radical (unpaired) electrons. The number of nitrogens with one attached hydrogen (secondary N) is 2. The van der Waals surface area contributed by atoms with Crippen molar-refractivity contribution in [3.05, 3.63) is 57.0 Å². The molecule has 0 bridgehead atoms. The number of aromatic amines is 2. The van der Waals surface area contributed by atoms with Gasteiger partial charge in [-0.25, -0.2) is 0 Å². The van der Waals surface area contributed by atoms with Crippen LogP contribution >= 0.6 is 12.2 Å². The summed E-state index contributed by atoms with van der Waals surface area (Å²) in [4.78, 5) is 20.7. The lowest BCUT2D eigenvalue weighted by atomic mass is 10.2. The molecule has 2 heterocycles. The molecule has 15 heavy (non-hydrogen) atoms. The number of hydrogen-bond acceptors (Lipinski definition) is 3. The SMILES string of the molecule is O=c1cc(Cc2ccccn2)[nH]c(=S)[nH]1. The molecule has 2 rings (SSSR count). The minimum absolute atomic E-state index is 0.190. The molecule has 0 aliphatic carbocycles. The Morgan fingerprint density at radius 3 is 2.87 bits per heavy atom. The maximum absolute atomic E-state index is 11.1. The van der Waals surface area contributed by atoms with E-state index in [4.69, 9.17) is 12.2 Å². The summed E-state index contributed by atoms with van der Waals surface area (Å²) in [6, 6.07) is 7.15. The van der Waals surface area contributed by atoms with Crippen LogP contribution in [0, 0.1) is 4.77 Å². The first-order valence-electron chi connectivity index (χ1n) is 4.46. The molecule has 0 aliphatic rings. The lowest BCUT2D eigenvalue weighted by Gasteiger charge is -1.99. The molecule has 0 saturated carbocycles. The maximum atomic E-state index is 11.1. The largest absolute Gasteiger partial charge is 0.335 e. The van der Waals surface area contributed by atoms with Crippen LogP contribution in [0.3, 0.4) is 0 Å². The van der Waals surface area contributed by atoms with Crippen molar-refractivity contribution in [3.63, 3.8) is 0 Å². The van der Waals surface area contributed by atoms with E-state index in [0.29, 0.717) is 11.2 Å². The van der Waals surface area contributed by atoms with Gasteiger partial charge in [-0.2, -0.15) is 0 Å². The predicted molar refractivity (Wildman–Crippen MR) is 59.3 cm³/mol. The third kappa shape index (κ3) is 2.60. The third-order valence-corrected chi connectivity index (χ3v) is 2.12. The predicted octanol–water partition coefficient (Wildman–Crippen LogP) is 1.42. The van der Waals surface area contributed by atoms with Gasteiger partial charge in [-0.05, 0) is 24.4 Å². The van der Waals surface area contributed by atoms with Crippen LogP contribution in [-0.2, 0) is 6.42 Å².